The van der Waals surface area contributed by atoms with E-state index in [1.807, 2.05) is 48.5 Å². The van der Waals surface area contributed by atoms with Crippen LogP contribution in [0.5, 0.6) is 5.75 Å². The van der Waals surface area contributed by atoms with Gasteiger partial charge in [0.2, 0.25) is 11.8 Å². The first-order valence-corrected chi connectivity index (χ1v) is 9.78. The number of carbonyl (C=O) groups is 2. The van der Waals surface area contributed by atoms with Gasteiger partial charge in [0.05, 0.1) is 18.7 Å². The molecule has 0 saturated carbocycles. The lowest BCUT2D eigenvalue weighted by atomic mass is 9.93. The van der Waals surface area contributed by atoms with Gasteiger partial charge in [-0.2, -0.15) is 5.10 Å². The molecule has 28 heavy (non-hydrogen) atoms. The summed E-state index contributed by atoms with van der Waals surface area (Å²) < 4.78 is 6.98. The van der Waals surface area contributed by atoms with Crippen molar-refractivity contribution in [2.75, 3.05) is 31.6 Å². The number of nitrogens with zero attached hydrogens (tertiary/aromatic N) is 4. The first-order chi connectivity index (χ1) is 13.5. The van der Waals surface area contributed by atoms with Gasteiger partial charge in [-0.3, -0.25) is 14.3 Å². The summed E-state index contributed by atoms with van der Waals surface area (Å²) in [4.78, 5) is 29.3. The number of anilines is 1. The number of benzene rings is 1. The van der Waals surface area contributed by atoms with Crippen LogP contribution in [0.3, 0.4) is 0 Å². The van der Waals surface area contributed by atoms with Crippen LogP contribution >= 0.6 is 0 Å². The number of amides is 2. The van der Waals surface area contributed by atoms with Crippen molar-refractivity contribution in [1.82, 2.24) is 14.7 Å². The van der Waals surface area contributed by atoms with Crippen molar-refractivity contribution in [2.45, 2.75) is 25.2 Å². The summed E-state index contributed by atoms with van der Waals surface area (Å²) in [5.41, 5.74) is 1.86. The van der Waals surface area contributed by atoms with Crippen LogP contribution in [0.25, 0.3) is 0 Å². The van der Waals surface area contributed by atoms with Crippen LogP contribution in [0.1, 0.15) is 30.9 Å². The summed E-state index contributed by atoms with van der Waals surface area (Å²) in [6.07, 6.45) is 4.23. The molecule has 0 spiro atoms. The lowest BCUT2D eigenvalue weighted by Crippen LogP contribution is -2.43. The zero-order chi connectivity index (χ0) is 19.7. The van der Waals surface area contributed by atoms with E-state index in [1.54, 1.807) is 16.7 Å². The molecule has 2 atom stereocenters. The fourth-order valence-corrected chi connectivity index (χ4v) is 4.21. The number of piperidine rings is 1. The summed E-state index contributed by atoms with van der Waals surface area (Å²) in [6.45, 7) is 1.88. The van der Waals surface area contributed by atoms with E-state index < -0.39 is 0 Å². The van der Waals surface area contributed by atoms with Gasteiger partial charge in [-0.1, -0.05) is 0 Å². The zero-order valence-electron chi connectivity index (χ0n) is 16.4. The molecule has 0 N–H and O–H groups in total. The van der Waals surface area contributed by atoms with Gasteiger partial charge >= 0.3 is 0 Å². The Bertz CT molecular complexity index is 861. The molecule has 0 unspecified atom stereocenters. The molecular weight excluding hydrogens is 356 g/mol. The van der Waals surface area contributed by atoms with Gasteiger partial charge in [0.25, 0.3) is 0 Å². The monoisotopic (exact) mass is 382 g/mol. The van der Waals surface area contributed by atoms with Crippen molar-refractivity contribution in [3.63, 3.8) is 0 Å². The van der Waals surface area contributed by atoms with Crippen LogP contribution in [0.2, 0.25) is 0 Å². The maximum Gasteiger partial charge on any atom is 0.228 e. The average Bonchev–Trinajstić information content (AvgIpc) is 3.33. The molecule has 2 aromatic rings. The number of hydrogen-bond donors (Lipinski definition) is 0. The molecule has 7 nitrogen and oxygen atoms in total. The van der Waals surface area contributed by atoms with E-state index in [4.69, 9.17) is 4.74 Å². The lowest BCUT2D eigenvalue weighted by Gasteiger charge is -2.33. The van der Waals surface area contributed by atoms with Crippen LogP contribution in [-0.4, -0.2) is 53.2 Å². The highest BCUT2D eigenvalue weighted by Crippen LogP contribution is 2.31. The van der Waals surface area contributed by atoms with Crippen molar-refractivity contribution in [1.29, 1.82) is 0 Å². The summed E-state index contributed by atoms with van der Waals surface area (Å²) in [7, 11) is 3.52. The highest BCUT2D eigenvalue weighted by atomic mass is 16.5. The first-order valence-electron chi connectivity index (χ1n) is 9.78. The number of carbonyl (C=O) groups excluding carboxylic acids is 2. The average molecular weight is 382 g/mol. The van der Waals surface area contributed by atoms with Crippen LogP contribution in [0.15, 0.2) is 36.5 Å². The summed E-state index contributed by atoms with van der Waals surface area (Å²) in [5, 5.41) is 4.51. The summed E-state index contributed by atoms with van der Waals surface area (Å²) >= 11 is 0. The molecular formula is C21H26N4O3. The summed E-state index contributed by atoms with van der Waals surface area (Å²) in [6, 6.07) is 9.42. The van der Waals surface area contributed by atoms with Crippen molar-refractivity contribution < 1.29 is 14.3 Å². The van der Waals surface area contributed by atoms with Gasteiger partial charge in [0.1, 0.15) is 5.75 Å². The first kappa shape index (κ1) is 18.5. The molecule has 148 valence electrons. The van der Waals surface area contributed by atoms with E-state index in [0.29, 0.717) is 13.1 Å². The molecule has 4 rings (SSSR count). The highest BCUT2D eigenvalue weighted by Gasteiger charge is 2.38. The van der Waals surface area contributed by atoms with Crippen molar-refractivity contribution >= 4 is 17.5 Å². The van der Waals surface area contributed by atoms with E-state index in [0.717, 1.165) is 36.5 Å². The van der Waals surface area contributed by atoms with E-state index in [-0.39, 0.29) is 30.1 Å². The molecule has 0 bridgehead atoms. The van der Waals surface area contributed by atoms with Gasteiger partial charge in [-0.05, 0) is 43.2 Å². The molecule has 2 fully saturated rings. The van der Waals surface area contributed by atoms with Gasteiger partial charge in [-0.25, -0.2) is 0 Å². The Kier molecular flexibility index (Phi) is 5.07. The molecule has 0 aliphatic carbocycles. The molecule has 1 aromatic heterocycles. The standard InChI is InChI=1S/C21H26N4O3/c1-23-11-9-19(22-23)15-4-3-10-24(13-15)21(27)16-12-20(26)25(14-16)17-5-7-18(28-2)8-6-17/h5-9,11,15-16H,3-4,10,12-14H2,1-2H3/t15-,16+/m0/s1. The van der Waals surface area contributed by atoms with E-state index >= 15 is 0 Å². The Balaban J connectivity index is 1.42. The fraction of sp³-hybridized carbons (Fsp3) is 0.476. The van der Waals surface area contributed by atoms with E-state index in [9.17, 15) is 9.59 Å². The molecule has 7 heteroatoms. The van der Waals surface area contributed by atoms with E-state index in [1.165, 1.54) is 0 Å². The second kappa shape index (κ2) is 7.66. The Morgan fingerprint density at radius 3 is 2.64 bits per heavy atom. The smallest absolute Gasteiger partial charge is 0.228 e. The van der Waals surface area contributed by atoms with Crippen molar-refractivity contribution in [3.05, 3.63) is 42.2 Å². The maximum atomic E-state index is 13.1. The Morgan fingerprint density at radius 1 is 1.18 bits per heavy atom. The number of hydrogen-bond acceptors (Lipinski definition) is 4. The zero-order valence-corrected chi connectivity index (χ0v) is 16.4. The topological polar surface area (TPSA) is 67.7 Å². The Morgan fingerprint density at radius 2 is 1.96 bits per heavy atom. The number of aromatic nitrogens is 2. The highest BCUT2D eigenvalue weighted by molar-refractivity contribution is 6.00. The molecule has 0 radical (unpaired) electrons. The predicted octanol–water partition coefficient (Wildman–Crippen LogP) is 2.19. The van der Waals surface area contributed by atoms with Gasteiger partial charge in [0, 0.05) is 50.9 Å². The van der Waals surface area contributed by atoms with Crippen LogP contribution in [0.4, 0.5) is 5.69 Å². The van der Waals surface area contributed by atoms with Crippen molar-refractivity contribution in [2.24, 2.45) is 13.0 Å². The molecule has 2 aliphatic heterocycles. The minimum atomic E-state index is -0.280. The quantitative estimate of drug-likeness (QED) is 0.813. The minimum Gasteiger partial charge on any atom is -0.497 e. The van der Waals surface area contributed by atoms with Crippen LogP contribution in [-0.2, 0) is 16.6 Å². The molecule has 1 aromatic carbocycles. The molecule has 2 amide bonds. The second-order valence-corrected chi connectivity index (χ2v) is 7.64. The van der Waals surface area contributed by atoms with E-state index in [2.05, 4.69) is 5.10 Å². The normalized spacial score (nSPS) is 22.6. The molecule has 2 saturated heterocycles. The van der Waals surface area contributed by atoms with Crippen LogP contribution < -0.4 is 9.64 Å². The Labute approximate surface area is 164 Å². The van der Waals surface area contributed by atoms with Gasteiger partial charge in [-0.15, -0.1) is 0 Å². The van der Waals surface area contributed by atoms with Gasteiger partial charge in [0.15, 0.2) is 0 Å². The van der Waals surface area contributed by atoms with Crippen molar-refractivity contribution in [3.8, 4) is 5.75 Å². The SMILES string of the molecule is COc1ccc(N2C[C@H](C(=O)N3CCC[C@H](c4ccn(C)n4)C3)CC2=O)cc1. The number of rotatable bonds is 4. The largest absolute Gasteiger partial charge is 0.497 e. The third-order valence-corrected chi connectivity index (χ3v) is 5.74. The van der Waals surface area contributed by atoms with Crippen LogP contribution in [0, 0.1) is 5.92 Å². The fourth-order valence-electron chi connectivity index (χ4n) is 4.21. The number of methoxy groups -OCH3 is 1. The third kappa shape index (κ3) is 3.61. The number of likely N-dealkylation sites (tertiary alicyclic amines) is 1. The second-order valence-electron chi connectivity index (χ2n) is 7.64. The number of aryl methyl sites for hydroxylation is 1. The molecule has 2 aliphatic rings. The summed E-state index contributed by atoms with van der Waals surface area (Å²) in [5.74, 6) is 0.828. The predicted molar refractivity (Wildman–Crippen MR) is 105 cm³/mol. The number of ether oxygens (including phenoxy) is 1. The van der Waals surface area contributed by atoms with Gasteiger partial charge < -0.3 is 14.5 Å². The maximum absolute atomic E-state index is 13.1. The minimum absolute atomic E-state index is 0.00167. The molecule has 3 heterocycles. The Hall–Kier alpha value is -2.83. The third-order valence-electron chi connectivity index (χ3n) is 5.74. The lowest BCUT2D eigenvalue weighted by molar-refractivity contribution is -0.137.